The van der Waals surface area contributed by atoms with Crippen molar-refractivity contribution in [3.63, 3.8) is 0 Å². The van der Waals surface area contributed by atoms with E-state index >= 15 is 0 Å². The summed E-state index contributed by atoms with van der Waals surface area (Å²) in [5.41, 5.74) is 2.10. The minimum absolute atomic E-state index is 0.131. The van der Waals surface area contributed by atoms with Crippen LogP contribution < -0.4 is 18.9 Å². The van der Waals surface area contributed by atoms with Crippen LogP contribution in [-0.2, 0) is 57.1 Å². The maximum Gasteiger partial charge on any atom is 0.513 e. The highest BCUT2D eigenvalue weighted by molar-refractivity contribution is 5.95. The number of carbonyl (C=O) groups is 8. The van der Waals surface area contributed by atoms with E-state index in [0.717, 1.165) is 52.7 Å². The van der Waals surface area contributed by atoms with Gasteiger partial charge in [0.2, 0.25) is 12.2 Å². The normalized spacial score (nSPS) is 11.6. The number of carbonyl (C=O) groups excluding carboxylic acids is 8. The number of ether oxygens (including phenoxy) is 12. The van der Waals surface area contributed by atoms with Gasteiger partial charge in [-0.2, -0.15) is 0 Å². The molecular formula is C56H46O20. The lowest BCUT2D eigenvalue weighted by Crippen LogP contribution is -2.47. The molecule has 390 valence electrons. The summed E-state index contributed by atoms with van der Waals surface area (Å²) in [6.45, 7) is 0. The van der Waals surface area contributed by atoms with Gasteiger partial charge in [-0.3, -0.25) is 0 Å². The zero-order valence-electron chi connectivity index (χ0n) is 40.8. The van der Waals surface area contributed by atoms with Crippen molar-refractivity contribution in [2.24, 2.45) is 0 Å². The quantitative estimate of drug-likeness (QED) is 0.0317. The number of benzene rings is 6. The lowest BCUT2D eigenvalue weighted by atomic mass is 10.0. The van der Waals surface area contributed by atoms with Crippen molar-refractivity contribution in [1.29, 1.82) is 0 Å². The molecular weight excluding hydrogens is 993 g/mol. The molecule has 20 heteroatoms. The molecule has 0 amide bonds. The zero-order chi connectivity index (χ0) is 54.4. The fraction of sp³-hybridized carbons (Fsp3) is 0.143. The van der Waals surface area contributed by atoms with E-state index in [1.54, 1.807) is 121 Å². The van der Waals surface area contributed by atoms with Crippen LogP contribution in [0.4, 0.5) is 19.2 Å². The monoisotopic (exact) mass is 1040 g/mol. The number of hydrogen-bond acceptors (Lipinski definition) is 20. The summed E-state index contributed by atoms with van der Waals surface area (Å²) in [7, 11) is 4.18. The van der Waals surface area contributed by atoms with Gasteiger partial charge in [0, 0.05) is 12.2 Å². The molecule has 0 heterocycles. The van der Waals surface area contributed by atoms with Crippen LogP contribution >= 0.6 is 0 Å². The van der Waals surface area contributed by atoms with Gasteiger partial charge in [-0.25, -0.2) is 38.4 Å². The Kier molecular flexibility index (Phi) is 20.0. The van der Waals surface area contributed by atoms with E-state index in [9.17, 15) is 38.4 Å². The first-order valence-corrected chi connectivity index (χ1v) is 22.5. The van der Waals surface area contributed by atoms with Crippen molar-refractivity contribution in [2.75, 3.05) is 28.4 Å². The first-order valence-electron chi connectivity index (χ1n) is 22.5. The molecule has 0 N–H and O–H groups in total. The highest BCUT2D eigenvalue weighted by Gasteiger charge is 2.44. The Morgan fingerprint density at radius 2 is 0.618 bits per heavy atom. The summed E-state index contributed by atoms with van der Waals surface area (Å²) < 4.78 is 62.3. The number of rotatable bonds is 19. The molecule has 0 spiro atoms. The summed E-state index contributed by atoms with van der Waals surface area (Å²) in [6.07, 6.45) is -7.95. The fourth-order valence-electron chi connectivity index (χ4n) is 6.77. The highest BCUT2D eigenvalue weighted by atomic mass is 16.8. The van der Waals surface area contributed by atoms with Gasteiger partial charge in [0.25, 0.3) is 0 Å². The lowest BCUT2D eigenvalue weighted by molar-refractivity contribution is -0.191. The molecule has 2 atom stereocenters. The Balaban J connectivity index is 1.43. The molecule has 6 aromatic carbocycles. The zero-order valence-corrected chi connectivity index (χ0v) is 40.8. The molecule has 0 aliphatic heterocycles. The van der Waals surface area contributed by atoms with Crippen LogP contribution in [0.5, 0.6) is 23.0 Å². The third kappa shape index (κ3) is 15.9. The summed E-state index contributed by atoms with van der Waals surface area (Å²) in [4.78, 5) is 106. The average Bonchev–Trinajstić information content (AvgIpc) is 3.45. The van der Waals surface area contributed by atoms with Gasteiger partial charge in [-0.1, -0.05) is 133 Å². The van der Waals surface area contributed by atoms with Crippen molar-refractivity contribution in [3.8, 4) is 23.0 Å². The Labute approximate surface area is 433 Å². The van der Waals surface area contributed by atoms with Crippen molar-refractivity contribution in [1.82, 2.24) is 0 Å². The molecule has 0 aliphatic rings. The first-order chi connectivity index (χ1) is 36.8. The predicted octanol–water partition coefficient (Wildman–Crippen LogP) is 9.48. The van der Waals surface area contributed by atoms with Crippen LogP contribution in [0.1, 0.15) is 45.6 Å². The summed E-state index contributed by atoms with van der Waals surface area (Å²) in [5.74, 6) is -6.58. The Morgan fingerprint density at radius 1 is 0.342 bits per heavy atom. The SMILES string of the molecule is COC(=O)Oc1ccc(/C=C/C(=O)O[C@H](C(=O)OC(c2ccccc2)c2ccccc2)[C@H](OC(=O)/C=C/c2ccc(OC(=O)OC)c(OC(=O)OC)c2)C(=O)OC(c2ccccc2)c2ccccc2)cc1OC(=O)OC. The molecule has 0 aliphatic carbocycles. The molecule has 0 radical (unpaired) electrons. The minimum Gasteiger partial charge on any atom is -0.450 e. The Hall–Kier alpha value is -10.2. The molecule has 0 saturated carbocycles. The van der Waals surface area contributed by atoms with Crippen LogP contribution in [0, 0.1) is 0 Å². The van der Waals surface area contributed by atoms with Crippen molar-refractivity contribution < 1.29 is 95.2 Å². The van der Waals surface area contributed by atoms with Gasteiger partial charge < -0.3 is 56.8 Å². The summed E-state index contributed by atoms with van der Waals surface area (Å²) >= 11 is 0. The maximum absolute atomic E-state index is 14.9. The van der Waals surface area contributed by atoms with Crippen LogP contribution in [0.2, 0.25) is 0 Å². The molecule has 0 bridgehead atoms. The summed E-state index contributed by atoms with van der Waals surface area (Å²) in [5, 5.41) is 0. The second-order valence-electron chi connectivity index (χ2n) is 15.3. The van der Waals surface area contributed by atoms with E-state index in [1.807, 2.05) is 0 Å². The standard InChI is InChI=1S/C56H46O20/c1-65-53(61)69-41-29-25-35(33-43(41)71-55(63)67-3)27-31-45(57)73-49(51(59)75-47(37-17-9-5-10-18-37)38-19-11-6-12-20-38)50(52(60)76-48(39-21-13-7-14-22-39)40-23-15-8-16-24-40)74-46(58)32-28-36-26-30-42(70-54(62)66-2)44(34-36)72-56(64)68-4/h5-34,47-50H,1-4H3/b31-27+,32-28+/t49-,50-/m0/s1. The smallest absolute Gasteiger partial charge is 0.450 e. The molecule has 20 nitrogen and oxygen atoms in total. The van der Waals surface area contributed by atoms with Gasteiger partial charge in [-0.05, 0) is 69.8 Å². The van der Waals surface area contributed by atoms with Crippen LogP contribution in [0.3, 0.4) is 0 Å². The van der Waals surface area contributed by atoms with Gasteiger partial charge in [0.15, 0.2) is 35.2 Å². The van der Waals surface area contributed by atoms with Gasteiger partial charge >= 0.3 is 48.5 Å². The van der Waals surface area contributed by atoms with Crippen molar-refractivity contribution in [2.45, 2.75) is 24.4 Å². The third-order valence-electron chi connectivity index (χ3n) is 10.3. The average molecular weight is 1040 g/mol. The van der Waals surface area contributed by atoms with Crippen LogP contribution in [-0.4, -0.2) is 89.1 Å². The number of methoxy groups -OCH3 is 4. The largest absolute Gasteiger partial charge is 0.513 e. The fourth-order valence-corrected chi connectivity index (χ4v) is 6.77. The number of esters is 4. The van der Waals surface area contributed by atoms with Crippen LogP contribution in [0.15, 0.2) is 170 Å². The molecule has 76 heavy (non-hydrogen) atoms. The molecule has 6 aromatic rings. The van der Waals surface area contributed by atoms with E-state index < -0.39 is 72.9 Å². The maximum atomic E-state index is 14.9. The molecule has 0 aromatic heterocycles. The summed E-state index contributed by atoms with van der Waals surface area (Å²) in [6, 6.07) is 41.4. The molecule has 0 fully saturated rings. The van der Waals surface area contributed by atoms with E-state index in [4.69, 9.17) is 37.9 Å². The second kappa shape index (κ2) is 27.5. The van der Waals surface area contributed by atoms with E-state index in [1.165, 1.54) is 36.4 Å². The number of hydrogen-bond donors (Lipinski definition) is 0. The van der Waals surface area contributed by atoms with E-state index in [-0.39, 0.29) is 34.1 Å². The molecule has 6 rings (SSSR count). The Bertz CT molecular complexity index is 2760. The van der Waals surface area contributed by atoms with Gasteiger partial charge in [0.05, 0.1) is 28.4 Å². The Morgan fingerprint density at radius 3 is 0.895 bits per heavy atom. The second-order valence-corrected chi connectivity index (χ2v) is 15.3. The lowest BCUT2D eigenvalue weighted by Gasteiger charge is -2.28. The molecule has 0 unspecified atom stereocenters. The van der Waals surface area contributed by atoms with Crippen LogP contribution in [0.25, 0.3) is 12.2 Å². The van der Waals surface area contributed by atoms with E-state index in [2.05, 4.69) is 18.9 Å². The van der Waals surface area contributed by atoms with Crippen molar-refractivity contribution >= 4 is 60.7 Å². The third-order valence-corrected chi connectivity index (χ3v) is 10.3. The predicted molar refractivity (Wildman–Crippen MR) is 264 cm³/mol. The first kappa shape index (κ1) is 55.1. The minimum atomic E-state index is -2.42. The van der Waals surface area contributed by atoms with E-state index in [0.29, 0.717) is 22.3 Å². The molecule has 0 saturated heterocycles. The topological polar surface area (TPSA) is 247 Å². The van der Waals surface area contributed by atoms with Gasteiger partial charge in [0.1, 0.15) is 0 Å². The highest BCUT2D eigenvalue weighted by Crippen LogP contribution is 2.33. The van der Waals surface area contributed by atoms with Gasteiger partial charge in [-0.15, -0.1) is 0 Å². The van der Waals surface area contributed by atoms with Crippen molar-refractivity contribution in [3.05, 3.63) is 203 Å².